The number of amides is 1. The molecule has 4 rings (SSSR count). The first-order valence-electron chi connectivity index (χ1n) is 8.15. The van der Waals surface area contributed by atoms with Crippen LogP contribution in [0, 0.1) is 0 Å². The molecule has 6 nitrogen and oxygen atoms in total. The number of anilines is 1. The zero-order valence-corrected chi connectivity index (χ0v) is 14.6. The highest BCUT2D eigenvalue weighted by atomic mass is 32.1. The van der Waals surface area contributed by atoms with Crippen LogP contribution < -0.4 is 15.6 Å². The fourth-order valence-corrected chi connectivity index (χ4v) is 4.33. The summed E-state index contributed by atoms with van der Waals surface area (Å²) in [6, 6.07) is 7.09. The van der Waals surface area contributed by atoms with E-state index in [0.717, 1.165) is 31.4 Å². The van der Waals surface area contributed by atoms with Crippen molar-refractivity contribution in [3.05, 3.63) is 57.0 Å². The summed E-state index contributed by atoms with van der Waals surface area (Å²) in [4.78, 5) is 31.7. The molecule has 1 aliphatic carbocycles. The van der Waals surface area contributed by atoms with Gasteiger partial charge in [-0.15, -0.1) is 11.3 Å². The van der Waals surface area contributed by atoms with Crippen molar-refractivity contribution in [3.63, 3.8) is 0 Å². The molecule has 0 spiro atoms. The average Bonchev–Trinajstić information content (AvgIpc) is 3.01. The molecule has 0 fully saturated rings. The number of benzene rings is 1. The molecule has 25 heavy (non-hydrogen) atoms. The van der Waals surface area contributed by atoms with Crippen molar-refractivity contribution in [2.45, 2.75) is 25.7 Å². The number of nitrogens with one attached hydrogen (secondary N) is 1. The van der Waals surface area contributed by atoms with Gasteiger partial charge in [-0.05, 0) is 37.8 Å². The first-order chi connectivity index (χ1) is 12.2. The second-order valence-corrected chi connectivity index (χ2v) is 6.99. The number of hydrogen-bond acceptors (Lipinski definition) is 5. The maximum atomic E-state index is 12.9. The molecule has 0 saturated carbocycles. The van der Waals surface area contributed by atoms with Gasteiger partial charge in [0.2, 0.25) is 0 Å². The first kappa shape index (κ1) is 15.8. The van der Waals surface area contributed by atoms with Gasteiger partial charge in [-0.25, -0.2) is 4.98 Å². The zero-order chi connectivity index (χ0) is 17.4. The third-order valence-corrected chi connectivity index (χ3v) is 5.56. The number of methoxy groups -OCH3 is 1. The van der Waals surface area contributed by atoms with E-state index in [1.54, 1.807) is 33.9 Å². The standard InChI is InChI=1S/C18H17N3O3S/c1-24-14-8-4-2-6-12(14)20-16(22)11-10-19-18-21(17(11)23)13-7-3-5-9-15(13)25-18/h2,4,6,8,10H,3,5,7,9H2,1H3,(H,20,22). The Morgan fingerprint density at radius 2 is 2.08 bits per heavy atom. The zero-order valence-electron chi connectivity index (χ0n) is 13.7. The molecule has 0 radical (unpaired) electrons. The number of aromatic nitrogens is 2. The quantitative estimate of drug-likeness (QED) is 0.784. The predicted molar refractivity (Wildman–Crippen MR) is 96.9 cm³/mol. The molecule has 1 N–H and O–H groups in total. The van der Waals surface area contributed by atoms with Gasteiger partial charge in [0.15, 0.2) is 4.96 Å². The minimum absolute atomic E-state index is 0.0366. The molecule has 1 aromatic carbocycles. The molecular weight excluding hydrogens is 338 g/mol. The van der Waals surface area contributed by atoms with E-state index in [4.69, 9.17) is 4.74 Å². The van der Waals surface area contributed by atoms with Crippen LogP contribution >= 0.6 is 11.3 Å². The molecule has 0 atom stereocenters. The van der Waals surface area contributed by atoms with E-state index in [9.17, 15) is 9.59 Å². The van der Waals surface area contributed by atoms with E-state index in [1.165, 1.54) is 18.2 Å². The summed E-state index contributed by atoms with van der Waals surface area (Å²) in [5.41, 5.74) is 1.26. The number of nitrogens with zero attached hydrogens (tertiary/aromatic N) is 2. The summed E-state index contributed by atoms with van der Waals surface area (Å²) < 4.78 is 6.84. The van der Waals surface area contributed by atoms with Crippen molar-refractivity contribution in [2.75, 3.05) is 12.4 Å². The van der Waals surface area contributed by atoms with Crippen molar-refractivity contribution in [2.24, 2.45) is 0 Å². The fourth-order valence-electron chi connectivity index (χ4n) is 3.16. The number of fused-ring (bicyclic) bond motifs is 3. The van der Waals surface area contributed by atoms with E-state index in [-0.39, 0.29) is 11.1 Å². The van der Waals surface area contributed by atoms with Gasteiger partial charge < -0.3 is 10.1 Å². The minimum atomic E-state index is -0.479. The number of carbonyl (C=O) groups is 1. The van der Waals surface area contributed by atoms with Gasteiger partial charge >= 0.3 is 0 Å². The number of ether oxygens (including phenoxy) is 1. The molecular formula is C18H17N3O3S. The van der Waals surface area contributed by atoms with Crippen molar-refractivity contribution in [1.29, 1.82) is 0 Å². The molecule has 0 unspecified atom stereocenters. The third-order valence-electron chi connectivity index (χ3n) is 4.40. The largest absolute Gasteiger partial charge is 0.495 e. The predicted octanol–water partition coefficient (Wildman–Crippen LogP) is 2.90. The normalized spacial score (nSPS) is 13.5. The minimum Gasteiger partial charge on any atom is -0.495 e. The smallest absolute Gasteiger partial charge is 0.271 e. The SMILES string of the molecule is COc1ccccc1NC(=O)c1cnc2sc3c(n2c1=O)CCCC3. The van der Waals surface area contributed by atoms with Crippen LogP contribution in [0.4, 0.5) is 5.69 Å². The number of rotatable bonds is 3. The molecule has 2 heterocycles. The van der Waals surface area contributed by atoms with E-state index in [2.05, 4.69) is 10.3 Å². The van der Waals surface area contributed by atoms with Gasteiger partial charge in [-0.1, -0.05) is 12.1 Å². The lowest BCUT2D eigenvalue weighted by Crippen LogP contribution is -2.27. The van der Waals surface area contributed by atoms with Crippen LogP contribution in [0.25, 0.3) is 4.96 Å². The van der Waals surface area contributed by atoms with Crippen molar-refractivity contribution < 1.29 is 9.53 Å². The van der Waals surface area contributed by atoms with E-state index < -0.39 is 5.91 Å². The Labute approximate surface area is 148 Å². The number of aryl methyl sites for hydroxylation is 2. The van der Waals surface area contributed by atoms with Crippen LogP contribution in [0.15, 0.2) is 35.3 Å². The Kier molecular flexibility index (Phi) is 4.01. The van der Waals surface area contributed by atoms with Crippen LogP contribution in [-0.4, -0.2) is 22.4 Å². The third kappa shape index (κ3) is 2.70. The van der Waals surface area contributed by atoms with E-state index in [0.29, 0.717) is 16.4 Å². The van der Waals surface area contributed by atoms with Gasteiger partial charge in [0.1, 0.15) is 11.3 Å². The number of carbonyl (C=O) groups excluding carboxylic acids is 1. The monoisotopic (exact) mass is 355 g/mol. The summed E-state index contributed by atoms with van der Waals surface area (Å²) in [6.07, 6.45) is 5.39. The summed E-state index contributed by atoms with van der Waals surface area (Å²) in [5.74, 6) is 0.0602. The van der Waals surface area contributed by atoms with Crippen LogP contribution in [0.1, 0.15) is 33.8 Å². The van der Waals surface area contributed by atoms with Crippen LogP contribution in [-0.2, 0) is 12.8 Å². The van der Waals surface area contributed by atoms with E-state index in [1.807, 2.05) is 6.07 Å². The van der Waals surface area contributed by atoms with Crippen molar-refractivity contribution in [3.8, 4) is 5.75 Å². The van der Waals surface area contributed by atoms with Crippen LogP contribution in [0.3, 0.4) is 0 Å². The second kappa shape index (κ2) is 6.33. The van der Waals surface area contributed by atoms with Crippen LogP contribution in [0.2, 0.25) is 0 Å². The van der Waals surface area contributed by atoms with Gasteiger partial charge in [0, 0.05) is 16.8 Å². The lowest BCUT2D eigenvalue weighted by molar-refractivity contribution is 0.102. The van der Waals surface area contributed by atoms with Gasteiger partial charge in [0.05, 0.1) is 12.8 Å². The average molecular weight is 355 g/mol. The number of para-hydroxylation sites is 2. The summed E-state index contributed by atoms with van der Waals surface area (Å²) in [7, 11) is 1.53. The lowest BCUT2D eigenvalue weighted by atomic mass is 10.0. The number of thiazole rings is 1. The molecule has 2 aromatic heterocycles. The Balaban J connectivity index is 1.75. The topological polar surface area (TPSA) is 72.7 Å². The van der Waals surface area contributed by atoms with Gasteiger partial charge in [0.25, 0.3) is 11.5 Å². The van der Waals surface area contributed by atoms with E-state index >= 15 is 0 Å². The maximum absolute atomic E-state index is 12.9. The van der Waals surface area contributed by atoms with Crippen molar-refractivity contribution in [1.82, 2.24) is 9.38 Å². The maximum Gasteiger partial charge on any atom is 0.271 e. The fraction of sp³-hybridized carbons (Fsp3) is 0.278. The van der Waals surface area contributed by atoms with Crippen molar-refractivity contribution >= 4 is 27.9 Å². The highest BCUT2D eigenvalue weighted by Gasteiger charge is 2.21. The number of hydrogen-bond donors (Lipinski definition) is 1. The summed E-state index contributed by atoms with van der Waals surface area (Å²) >= 11 is 1.54. The van der Waals surface area contributed by atoms with Crippen LogP contribution in [0.5, 0.6) is 5.75 Å². The summed E-state index contributed by atoms with van der Waals surface area (Å²) in [6.45, 7) is 0. The summed E-state index contributed by atoms with van der Waals surface area (Å²) in [5, 5.41) is 2.74. The molecule has 0 aliphatic heterocycles. The molecule has 7 heteroatoms. The molecule has 0 saturated heterocycles. The second-order valence-electron chi connectivity index (χ2n) is 5.93. The Hall–Kier alpha value is -2.67. The van der Waals surface area contributed by atoms with Gasteiger partial charge in [-0.3, -0.25) is 14.0 Å². The molecule has 0 bridgehead atoms. The highest BCUT2D eigenvalue weighted by molar-refractivity contribution is 7.17. The Morgan fingerprint density at radius 3 is 2.92 bits per heavy atom. The molecule has 1 amide bonds. The van der Waals surface area contributed by atoms with Gasteiger partial charge in [-0.2, -0.15) is 0 Å². The lowest BCUT2D eigenvalue weighted by Gasteiger charge is -2.11. The molecule has 3 aromatic rings. The Morgan fingerprint density at radius 1 is 1.28 bits per heavy atom. The highest BCUT2D eigenvalue weighted by Crippen LogP contribution is 2.28. The molecule has 1 aliphatic rings. The molecule has 128 valence electrons. The first-order valence-corrected chi connectivity index (χ1v) is 8.97. The Bertz CT molecular complexity index is 1020.